The molecule has 4 N–H and O–H groups in total. The van der Waals surface area contributed by atoms with Gasteiger partial charge in [-0.2, -0.15) is 0 Å². The van der Waals surface area contributed by atoms with E-state index in [2.05, 4.69) is 5.32 Å². The molecule has 0 unspecified atom stereocenters. The molecule has 9 heteroatoms. The topological polar surface area (TPSA) is 110 Å². The highest BCUT2D eigenvalue weighted by Crippen LogP contribution is 2.44. The molecule has 204 valence electrons. The van der Waals surface area contributed by atoms with Crippen molar-refractivity contribution >= 4 is 34.9 Å². The second-order valence-corrected chi connectivity index (χ2v) is 10.8. The van der Waals surface area contributed by atoms with Gasteiger partial charge in [0.2, 0.25) is 5.91 Å². The van der Waals surface area contributed by atoms with E-state index in [1.165, 1.54) is 37.0 Å². The van der Waals surface area contributed by atoms with Crippen molar-refractivity contribution in [3.63, 3.8) is 0 Å². The van der Waals surface area contributed by atoms with Gasteiger partial charge in [0.05, 0.1) is 23.9 Å². The molecular formula is C29H38N4O4S. The normalized spacial score (nSPS) is 14.2. The Morgan fingerprint density at radius 3 is 2.53 bits per heavy atom. The number of rotatable bonds is 12. The lowest BCUT2D eigenvalue weighted by molar-refractivity contribution is -0.121. The SMILES string of the molecule is COc1ccc(-c2c(C3CCCCC3)c3ccc(C(=O)O)cc3n2CC(=O)NCCCCN(C)SN)cc1. The number of hydrogen-bond donors (Lipinski definition) is 3. The number of nitrogens with one attached hydrogen (secondary N) is 1. The number of benzene rings is 2. The van der Waals surface area contributed by atoms with E-state index in [9.17, 15) is 14.7 Å². The maximum absolute atomic E-state index is 13.2. The molecule has 0 aliphatic heterocycles. The first kappa shape index (κ1) is 28.0. The van der Waals surface area contributed by atoms with E-state index in [-0.39, 0.29) is 18.0 Å². The first-order chi connectivity index (χ1) is 18.4. The van der Waals surface area contributed by atoms with Gasteiger partial charge in [0.15, 0.2) is 0 Å². The minimum atomic E-state index is -0.977. The molecule has 0 bridgehead atoms. The summed E-state index contributed by atoms with van der Waals surface area (Å²) in [6.45, 7) is 1.55. The van der Waals surface area contributed by atoms with E-state index in [1.807, 2.05) is 46.3 Å². The number of carbonyl (C=O) groups is 2. The summed E-state index contributed by atoms with van der Waals surface area (Å²) in [4.78, 5) is 25.1. The molecule has 0 spiro atoms. The number of nitrogens with two attached hydrogens (primary N) is 1. The third kappa shape index (κ3) is 6.51. The molecule has 0 radical (unpaired) electrons. The fraction of sp³-hybridized carbons (Fsp3) is 0.448. The highest BCUT2D eigenvalue weighted by atomic mass is 32.2. The van der Waals surface area contributed by atoms with Crippen molar-refractivity contribution in [3.05, 3.63) is 53.6 Å². The largest absolute Gasteiger partial charge is 0.497 e. The summed E-state index contributed by atoms with van der Waals surface area (Å²) in [6.07, 6.45) is 7.53. The summed E-state index contributed by atoms with van der Waals surface area (Å²) in [5.74, 6) is 0.0602. The first-order valence-electron chi connectivity index (χ1n) is 13.3. The van der Waals surface area contributed by atoms with Crippen LogP contribution in [0.1, 0.15) is 66.8 Å². The Kier molecular flexibility index (Phi) is 9.71. The Balaban J connectivity index is 1.73. The number of nitrogens with zero attached hydrogens (tertiary/aromatic N) is 2. The van der Waals surface area contributed by atoms with Crippen LogP contribution in [0, 0.1) is 0 Å². The van der Waals surface area contributed by atoms with Crippen LogP contribution in [0.4, 0.5) is 0 Å². The lowest BCUT2D eigenvalue weighted by Crippen LogP contribution is -2.29. The van der Waals surface area contributed by atoms with Gasteiger partial charge < -0.3 is 19.7 Å². The molecule has 1 aromatic heterocycles. The molecule has 1 aliphatic rings. The average Bonchev–Trinajstić information content (AvgIpc) is 3.26. The molecule has 1 amide bonds. The second-order valence-electron chi connectivity index (χ2n) is 9.96. The van der Waals surface area contributed by atoms with Crippen molar-refractivity contribution in [2.75, 3.05) is 27.2 Å². The molecular weight excluding hydrogens is 500 g/mol. The summed E-state index contributed by atoms with van der Waals surface area (Å²) < 4.78 is 9.36. The van der Waals surface area contributed by atoms with Gasteiger partial charge in [0.1, 0.15) is 12.3 Å². The smallest absolute Gasteiger partial charge is 0.335 e. The minimum absolute atomic E-state index is 0.0888. The summed E-state index contributed by atoms with van der Waals surface area (Å²) >= 11 is 1.20. The zero-order chi connectivity index (χ0) is 27.1. The Labute approximate surface area is 228 Å². The lowest BCUT2D eigenvalue weighted by atomic mass is 9.82. The quantitative estimate of drug-likeness (QED) is 0.209. The molecule has 3 aromatic rings. The fourth-order valence-electron chi connectivity index (χ4n) is 5.48. The number of carboxylic acids is 1. The van der Waals surface area contributed by atoms with E-state index in [0.29, 0.717) is 12.5 Å². The number of carboxylic acid groups (broad SMARTS) is 1. The number of fused-ring (bicyclic) bond motifs is 1. The molecule has 4 rings (SSSR count). The maximum atomic E-state index is 13.2. The van der Waals surface area contributed by atoms with E-state index in [4.69, 9.17) is 9.88 Å². The van der Waals surface area contributed by atoms with Crippen molar-refractivity contribution in [1.82, 2.24) is 14.2 Å². The Morgan fingerprint density at radius 1 is 1.13 bits per heavy atom. The predicted molar refractivity (Wildman–Crippen MR) is 153 cm³/mol. The first-order valence-corrected chi connectivity index (χ1v) is 14.1. The number of ether oxygens (including phenoxy) is 1. The van der Waals surface area contributed by atoms with Crippen molar-refractivity contribution in [3.8, 4) is 17.0 Å². The number of aromatic carboxylic acids is 1. The average molecular weight is 539 g/mol. The molecule has 38 heavy (non-hydrogen) atoms. The molecule has 1 saturated carbocycles. The molecule has 1 aliphatic carbocycles. The molecule has 0 atom stereocenters. The van der Waals surface area contributed by atoms with Gasteiger partial charge in [-0.05, 0) is 86.2 Å². The maximum Gasteiger partial charge on any atom is 0.335 e. The molecule has 0 saturated heterocycles. The summed E-state index contributed by atoms with van der Waals surface area (Å²) in [5.41, 5.74) is 4.21. The third-order valence-electron chi connectivity index (χ3n) is 7.43. The van der Waals surface area contributed by atoms with Gasteiger partial charge in [0, 0.05) is 30.6 Å². The standard InChI is InChI=1S/C29H38N4O4S/c1-32(38-30)17-7-6-16-31-26(34)19-33-25-18-22(29(35)36)12-15-24(25)27(20-8-4-3-5-9-20)28(33)21-10-13-23(37-2)14-11-21/h10-15,18,20H,3-9,16-17,19,30H2,1-2H3,(H,31,34)(H,35,36). The third-order valence-corrected chi connectivity index (χ3v) is 7.97. The zero-order valence-electron chi connectivity index (χ0n) is 22.2. The fourth-order valence-corrected chi connectivity index (χ4v) is 5.71. The van der Waals surface area contributed by atoms with Crippen LogP contribution in [-0.4, -0.2) is 53.1 Å². The van der Waals surface area contributed by atoms with Crippen molar-refractivity contribution in [2.24, 2.45) is 5.14 Å². The Hall–Kier alpha value is -3.01. The summed E-state index contributed by atoms with van der Waals surface area (Å²) in [5, 5.41) is 19.4. The van der Waals surface area contributed by atoms with Crippen LogP contribution in [0.5, 0.6) is 5.75 Å². The number of amides is 1. The van der Waals surface area contributed by atoms with Crippen LogP contribution in [0.15, 0.2) is 42.5 Å². The van der Waals surface area contributed by atoms with Crippen LogP contribution in [0.2, 0.25) is 0 Å². The van der Waals surface area contributed by atoms with Crippen LogP contribution in [0.25, 0.3) is 22.2 Å². The Bertz CT molecular complexity index is 1250. The highest BCUT2D eigenvalue weighted by Gasteiger charge is 2.27. The number of unbranched alkanes of at least 4 members (excludes halogenated alkanes) is 1. The van der Waals surface area contributed by atoms with Crippen molar-refractivity contribution in [1.29, 1.82) is 0 Å². The minimum Gasteiger partial charge on any atom is -0.497 e. The summed E-state index contributed by atoms with van der Waals surface area (Å²) in [7, 11) is 3.58. The van der Waals surface area contributed by atoms with E-state index >= 15 is 0 Å². The van der Waals surface area contributed by atoms with Gasteiger partial charge in [-0.3, -0.25) is 9.93 Å². The Morgan fingerprint density at radius 2 is 1.87 bits per heavy atom. The van der Waals surface area contributed by atoms with E-state index in [0.717, 1.165) is 60.1 Å². The van der Waals surface area contributed by atoms with E-state index in [1.54, 1.807) is 19.2 Å². The zero-order valence-corrected chi connectivity index (χ0v) is 23.1. The molecule has 2 aromatic carbocycles. The van der Waals surface area contributed by atoms with Gasteiger partial charge in [0.25, 0.3) is 0 Å². The molecule has 8 nitrogen and oxygen atoms in total. The van der Waals surface area contributed by atoms with Gasteiger partial charge >= 0.3 is 5.97 Å². The van der Waals surface area contributed by atoms with Crippen LogP contribution >= 0.6 is 12.1 Å². The number of carbonyl (C=O) groups excluding carboxylic acids is 1. The molecule has 1 fully saturated rings. The number of aromatic nitrogens is 1. The molecule has 1 heterocycles. The van der Waals surface area contributed by atoms with Crippen LogP contribution in [0.3, 0.4) is 0 Å². The monoisotopic (exact) mass is 538 g/mol. The predicted octanol–water partition coefficient (Wildman–Crippen LogP) is 5.41. The summed E-state index contributed by atoms with van der Waals surface area (Å²) in [6, 6.07) is 13.2. The van der Waals surface area contributed by atoms with Crippen molar-refractivity contribution < 1.29 is 19.4 Å². The van der Waals surface area contributed by atoms with Gasteiger partial charge in [-0.25, -0.2) is 9.10 Å². The number of methoxy groups -OCH3 is 1. The van der Waals surface area contributed by atoms with Crippen LogP contribution in [-0.2, 0) is 11.3 Å². The van der Waals surface area contributed by atoms with Crippen molar-refractivity contribution in [2.45, 2.75) is 57.4 Å². The highest BCUT2D eigenvalue weighted by molar-refractivity contribution is 7.94. The lowest BCUT2D eigenvalue weighted by Gasteiger charge is -2.24. The second kappa shape index (κ2) is 13.2. The van der Waals surface area contributed by atoms with E-state index < -0.39 is 5.97 Å². The van der Waals surface area contributed by atoms with Gasteiger partial charge in [-0.15, -0.1) is 0 Å². The number of hydrogen-bond acceptors (Lipinski definition) is 6. The van der Waals surface area contributed by atoms with Crippen LogP contribution < -0.4 is 15.2 Å². The van der Waals surface area contributed by atoms with Gasteiger partial charge in [-0.1, -0.05) is 25.3 Å².